The van der Waals surface area contributed by atoms with Crippen LogP contribution in [0.3, 0.4) is 0 Å². The van der Waals surface area contributed by atoms with E-state index in [4.69, 9.17) is 17.0 Å². The Morgan fingerprint density at radius 1 is 1.09 bits per heavy atom. The van der Waals surface area contributed by atoms with E-state index < -0.39 is 11.7 Å². The lowest BCUT2D eigenvalue weighted by Gasteiger charge is -2.12. The van der Waals surface area contributed by atoms with E-state index in [1.807, 2.05) is 0 Å². The maximum atomic E-state index is 12.6. The first-order valence-corrected chi connectivity index (χ1v) is 6.73. The number of rotatable bonds is 3. The van der Waals surface area contributed by atoms with E-state index >= 15 is 0 Å². The average molecular weight is 328 g/mol. The minimum absolute atomic E-state index is 0.0886. The summed E-state index contributed by atoms with van der Waals surface area (Å²) in [7, 11) is 0. The van der Waals surface area contributed by atoms with Crippen LogP contribution in [-0.4, -0.2) is 5.96 Å². The normalized spacial score (nSPS) is 11.1. The van der Waals surface area contributed by atoms with Crippen LogP contribution in [0.25, 0.3) is 0 Å². The number of alkyl halides is 3. The van der Waals surface area contributed by atoms with E-state index in [1.54, 1.807) is 24.3 Å². The van der Waals surface area contributed by atoms with E-state index in [1.165, 1.54) is 12.1 Å². The van der Waals surface area contributed by atoms with Gasteiger partial charge in [-0.25, -0.2) is 0 Å². The Morgan fingerprint density at radius 3 is 2.41 bits per heavy atom. The zero-order valence-corrected chi connectivity index (χ0v) is 12.1. The number of benzene rings is 2. The van der Waals surface area contributed by atoms with Gasteiger partial charge in [-0.15, -0.1) is 0 Å². The van der Waals surface area contributed by atoms with Gasteiger partial charge in [-0.2, -0.15) is 13.2 Å². The fraction of sp³-hybridized carbons (Fsp3) is 0.133. The predicted octanol–water partition coefficient (Wildman–Crippen LogP) is 4.50. The highest BCUT2D eigenvalue weighted by Gasteiger charge is 2.30. The molecule has 22 heavy (non-hydrogen) atoms. The summed E-state index contributed by atoms with van der Waals surface area (Å²) < 4.78 is 37.8. The first-order valence-electron chi connectivity index (χ1n) is 6.36. The quantitative estimate of drug-likeness (QED) is 0.574. The largest absolute Gasteiger partial charge is 0.416 e. The molecule has 3 nitrogen and oxygen atoms in total. The number of halogens is 4. The van der Waals surface area contributed by atoms with Crippen LogP contribution < -0.4 is 10.6 Å². The number of hydrogen-bond acceptors (Lipinski definition) is 1. The summed E-state index contributed by atoms with van der Waals surface area (Å²) in [4.78, 5) is 0. The first-order chi connectivity index (χ1) is 10.3. The van der Waals surface area contributed by atoms with E-state index in [2.05, 4.69) is 10.6 Å². The molecule has 2 aromatic rings. The van der Waals surface area contributed by atoms with Gasteiger partial charge in [-0.1, -0.05) is 29.8 Å². The third kappa shape index (κ3) is 4.66. The highest BCUT2D eigenvalue weighted by atomic mass is 35.5. The molecule has 0 aliphatic heterocycles. The van der Waals surface area contributed by atoms with Crippen molar-refractivity contribution in [2.45, 2.75) is 12.7 Å². The summed E-state index contributed by atoms with van der Waals surface area (Å²) >= 11 is 5.77. The van der Waals surface area contributed by atoms with Crippen molar-refractivity contribution in [2.75, 3.05) is 5.32 Å². The Hall–Kier alpha value is -2.21. The minimum atomic E-state index is -4.41. The number of hydrogen-bond donors (Lipinski definition) is 3. The molecule has 7 heteroatoms. The van der Waals surface area contributed by atoms with Crippen LogP contribution in [-0.2, 0) is 12.7 Å². The molecule has 0 aromatic heterocycles. The van der Waals surface area contributed by atoms with Crippen LogP contribution in [0.15, 0.2) is 48.5 Å². The van der Waals surface area contributed by atoms with Crippen LogP contribution in [0, 0.1) is 5.41 Å². The van der Waals surface area contributed by atoms with Gasteiger partial charge in [0.1, 0.15) is 0 Å². The molecule has 0 heterocycles. The molecule has 0 saturated heterocycles. The lowest BCUT2D eigenvalue weighted by molar-refractivity contribution is -0.137. The van der Waals surface area contributed by atoms with Crippen molar-refractivity contribution in [3.8, 4) is 0 Å². The fourth-order valence-electron chi connectivity index (χ4n) is 1.75. The van der Waals surface area contributed by atoms with Gasteiger partial charge in [-0.3, -0.25) is 5.41 Å². The van der Waals surface area contributed by atoms with E-state index in [-0.39, 0.29) is 11.6 Å². The van der Waals surface area contributed by atoms with Gasteiger partial charge in [0.25, 0.3) is 0 Å². The van der Waals surface area contributed by atoms with Gasteiger partial charge in [0, 0.05) is 17.3 Å². The molecule has 0 saturated carbocycles. The molecule has 0 radical (unpaired) electrons. The van der Waals surface area contributed by atoms with Crippen molar-refractivity contribution in [3.63, 3.8) is 0 Å². The summed E-state index contributed by atoms with van der Waals surface area (Å²) in [5.41, 5.74) is 0.339. The lowest BCUT2D eigenvalue weighted by atomic mass is 10.2. The van der Waals surface area contributed by atoms with Crippen LogP contribution in [0.1, 0.15) is 11.1 Å². The molecule has 0 aliphatic carbocycles. The lowest BCUT2D eigenvalue weighted by Crippen LogP contribution is -2.29. The molecule has 0 atom stereocenters. The van der Waals surface area contributed by atoms with Crippen molar-refractivity contribution < 1.29 is 13.2 Å². The third-order valence-corrected chi connectivity index (χ3v) is 3.09. The second-order valence-electron chi connectivity index (χ2n) is 4.56. The van der Waals surface area contributed by atoms with Crippen LogP contribution >= 0.6 is 11.6 Å². The second kappa shape index (κ2) is 6.70. The van der Waals surface area contributed by atoms with Crippen molar-refractivity contribution in [2.24, 2.45) is 0 Å². The molecule has 2 rings (SSSR count). The minimum Gasteiger partial charge on any atom is -0.352 e. The molecule has 0 amide bonds. The Kier molecular flexibility index (Phi) is 4.92. The predicted molar refractivity (Wildman–Crippen MR) is 81.1 cm³/mol. The van der Waals surface area contributed by atoms with Gasteiger partial charge >= 0.3 is 6.18 Å². The molecule has 2 aromatic carbocycles. The van der Waals surface area contributed by atoms with Crippen molar-refractivity contribution >= 4 is 23.2 Å². The van der Waals surface area contributed by atoms with Crippen molar-refractivity contribution in [1.29, 1.82) is 5.41 Å². The first kappa shape index (κ1) is 16.2. The molecule has 0 unspecified atom stereocenters. The van der Waals surface area contributed by atoms with Crippen molar-refractivity contribution in [1.82, 2.24) is 5.32 Å². The Bertz CT molecular complexity index is 654. The van der Waals surface area contributed by atoms with E-state index in [0.717, 1.165) is 17.7 Å². The molecular weight excluding hydrogens is 315 g/mol. The molecule has 0 spiro atoms. The zero-order valence-electron chi connectivity index (χ0n) is 11.3. The summed E-state index contributed by atoms with van der Waals surface area (Å²) in [6, 6.07) is 11.7. The van der Waals surface area contributed by atoms with E-state index in [9.17, 15) is 13.2 Å². The van der Waals surface area contributed by atoms with Gasteiger partial charge in [0.2, 0.25) is 0 Å². The van der Waals surface area contributed by atoms with E-state index in [0.29, 0.717) is 11.6 Å². The summed E-state index contributed by atoms with van der Waals surface area (Å²) in [5, 5.41) is 13.7. The smallest absolute Gasteiger partial charge is 0.352 e. The standard InChI is InChI=1S/C15H13ClF3N3/c16-12-6-4-10(5-7-12)9-21-14(20)22-13-3-1-2-11(8-13)15(17,18)19/h1-8H,9H2,(H3,20,21,22). The SMILES string of the molecule is N=C(NCc1ccc(Cl)cc1)Nc1cccc(C(F)(F)F)c1. The van der Waals surface area contributed by atoms with Crippen LogP contribution in [0.4, 0.5) is 18.9 Å². The molecule has 0 fully saturated rings. The molecular formula is C15H13ClF3N3. The second-order valence-corrected chi connectivity index (χ2v) is 5.00. The Morgan fingerprint density at radius 2 is 1.77 bits per heavy atom. The topological polar surface area (TPSA) is 47.9 Å². The summed E-state index contributed by atoms with van der Waals surface area (Å²) in [6.07, 6.45) is -4.41. The maximum Gasteiger partial charge on any atom is 0.416 e. The number of nitrogens with one attached hydrogen (secondary N) is 3. The molecule has 0 aliphatic rings. The van der Waals surface area contributed by atoms with Crippen LogP contribution in [0.2, 0.25) is 5.02 Å². The van der Waals surface area contributed by atoms with Gasteiger partial charge < -0.3 is 10.6 Å². The van der Waals surface area contributed by atoms with Gasteiger partial charge in [0.15, 0.2) is 5.96 Å². The summed E-state index contributed by atoms with van der Waals surface area (Å²) in [5.74, 6) is -0.0886. The Labute approximate surface area is 130 Å². The van der Waals surface area contributed by atoms with Gasteiger partial charge in [0.05, 0.1) is 5.56 Å². The number of anilines is 1. The van der Waals surface area contributed by atoms with Crippen molar-refractivity contribution in [3.05, 3.63) is 64.7 Å². The van der Waals surface area contributed by atoms with Gasteiger partial charge in [-0.05, 0) is 35.9 Å². The molecule has 3 N–H and O–H groups in total. The third-order valence-electron chi connectivity index (χ3n) is 2.84. The number of guanidine groups is 1. The Balaban J connectivity index is 1.93. The molecule has 116 valence electrons. The fourth-order valence-corrected chi connectivity index (χ4v) is 1.88. The zero-order chi connectivity index (χ0) is 16.2. The maximum absolute atomic E-state index is 12.6. The highest BCUT2D eigenvalue weighted by Crippen LogP contribution is 2.30. The monoisotopic (exact) mass is 327 g/mol. The molecule has 0 bridgehead atoms. The highest BCUT2D eigenvalue weighted by molar-refractivity contribution is 6.30. The summed E-state index contributed by atoms with van der Waals surface area (Å²) in [6.45, 7) is 0.363. The average Bonchev–Trinajstić information content (AvgIpc) is 2.46. The van der Waals surface area contributed by atoms with Crippen LogP contribution in [0.5, 0.6) is 0 Å².